The number of carbonyl (C=O) groups is 2. The van der Waals surface area contributed by atoms with Gasteiger partial charge in [-0.1, -0.05) is 0 Å². The van der Waals surface area contributed by atoms with Crippen molar-refractivity contribution in [3.8, 4) is 0 Å². The third-order valence-electron chi connectivity index (χ3n) is 2.52. The molecule has 3 N–H and O–H groups in total. The van der Waals surface area contributed by atoms with Crippen LogP contribution in [0.3, 0.4) is 0 Å². The van der Waals surface area contributed by atoms with E-state index in [0.29, 0.717) is 6.42 Å². The van der Waals surface area contributed by atoms with Crippen LogP contribution < -0.4 is 5.73 Å². The van der Waals surface area contributed by atoms with Crippen molar-refractivity contribution in [1.29, 1.82) is 0 Å². The number of thioether (sulfide) groups is 1. The molecule has 100 valence electrons. The molecule has 17 heavy (non-hydrogen) atoms. The van der Waals surface area contributed by atoms with E-state index in [2.05, 4.69) is 0 Å². The van der Waals surface area contributed by atoms with Crippen LogP contribution in [-0.4, -0.2) is 52.5 Å². The van der Waals surface area contributed by atoms with Crippen LogP contribution in [0, 0.1) is 0 Å². The Morgan fingerprint density at radius 3 is 2.35 bits per heavy atom. The molecule has 0 aliphatic carbocycles. The number of rotatable bonds is 7. The summed E-state index contributed by atoms with van der Waals surface area (Å²) in [7, 11) is 3.44. The summed E-state index contributed by atoms with van der Waals surface area (Å²) in [5.41, 5.74) is 5.59. The van der Waals surface area contributed by atoms with Crippen LogP contribution >= 0.6 is 11.8 Å². The Balaban J connectivity index is 3.96. The predicted molar refractivity (Wildman–Crippen MR) is 70.1 cm³/mol. The van der Waals surface area contributed by atoms with E-state index in [1.807, 2.05) is 13.8 Å². The number of carboxylic acids is 1. The molecule has 1 atom stereocenters. The first-order valence-corrected chi connectivity index (χ1v) is 6.49. The lowest BCUT2D eigenvalue weighted by molar-refractivity contribution is -0.139. The average molecular weight is 262 g/mol. The molecule has 0 aromatic heterocycles. The van der Waals surface area contributed by atoms with Crippen molar-refractivity contribution in [3.05, 3.63) is 0 Å². The van der Waals surface area contributed by atoms with Crippen molar-refractivity contribution in [3.63, 3.8) is 0 Å². The fourth-order valence-corrected chi connectivity index (χ4v) is 2.26. The van der Waals surface area contributed by atoms with E-state index < -0.39 is 16.8 Å². The van der Waals surface area contributed by atoms with Crippen molar-refractivity contribution in [2.45, 2.75) is 37.5 Å². The molecular formula is C11H22N2O3S. The Kier molecular flexibility index (Phi) is 6.56. The second-order valence-electron chi connectivity index (χ2n) is 4.66. The summed E-state index contributed by atoms with van der Waals surface area (Å²) < 4.78 is -0.521. The molecule has 0 rings (SSSR count). The topological polar surface area (TPSA) is 83.6 Å². The first kappa shape index (κ1) is 16.2. The normalized spacial score (nSPS) is 13.2. The molecule has 0 aliphatic heterocycles. The maximum absolute atomic E-state index is 11.3. The molecule has 0 aliphatic rings. The molecule has 1 amide bonds. The lowest BCUT2D eigenvalue weighted by Crippen LogP contribution is -2.46. The van der Waals surface area contributed by atoms with Crippen molar-refractivity contribution in [1.82, 2.24) is 4.90 Å². The van der Waals surface area contributed by atoms with Gasteiger partial charge in [-0.15, -0.1) is 0 Å². The van der Waals surface area contributed by atoms with Crippen LogP contribution in [0.25, 0.3) is 0 Å². The molecule has 6 heteroatoms. The summed E-state index contributed by atoms with van der Waals surface area (Å²) in [5.74, 6) is -0.175. The molecule has 0 radical (unpaired) electrons. The highest BCUT2D eigenvalue weighted by Gasteiger charge is 2.32. The molecule has 0 fully saturated rings. The molecule has 0 saturated heterocycles. The summed E-state index contributed by atoms with van der Waals surface area (Å²) in [4.78, 5) is 23.6. The smallest absolute Gasteiger partial charge is 0.321 e. The largest absolute Gasteiger partial charge is 0.480 e. The number of amides is 1. The number of hydrogen-bond donors (Lipinski definition) is 2. The number of hydrogen-bond acceptors (Lipinski definition) is 4. The van der Waals surface area contributed by atoms with E-state index in [1.165, 1.54) is 11.8 Å². The molecule has 0 bridgehead atoms. The second-order valence-corrected chi connectivity index (χ2v) is 6.41. The zero-order valence-electron chi connectivity index (χ0n) is 10.9. The fourth-order valence-electron chi connectivity index (χ4n) is 1.17. The van der Waals surface area contributed by atoms with Gasteiger partial charge in [0.2, 0.25) is 5.91 Å². The van der Waals surface area contributed by atoms with Gasteiger partial charge in [0.05, 0.1) is 0 Å². The number of carboxylic acid groups (broad SMARTS) is 1. The molecule has 0 unspecified atom stereocenters. The second kappa shape index (κ2) is 6.86. The van der Waals surface area contributed by atoms with E-state index in [4.69, 9.17) is 10.8 Å². The van der Waals surface area contributed by atoms with Gasteiger partial charge in [-0.25, -0.2) is 0 Å². The maximum atomic E-state index is 11.3. The fraction of sp³-hybridized carbons (Fsp3) is 0.818. The lowest BCUT2D eigenvalue weighted by atomic mass is 10.1. The van der Waals surface area contributed by atoms with Crippen LogP contribution in [0.5, 0.6) is 0 Å². The predicted octanol–water partition coefficient (Wildman–Crippen LogP) is 0.778. The van der Waals surface area contributed by atoms with Crippen LogP contribution in [0.15, 0.2) is 0 Å². The molecule has 0 saturated carbocycles. The zero-order valence-corrected chi connectivity index (χ0v) is 11.7. The Hall–Kier alpha value is -0.750. The average Bonchev–Trinajstić information content (AvgIpc) is 2.22. The van der Waals surface area contributed by atoms with Gasteiger partial charge in [-0.05, 0) is 26.0 Å². The zero-order chi connectivity index (χ0) is 13.6. The van der Waals surface area contributed by atoms with Gasteiger partial charge in [0, 0.05) is 25.3 Å². The highest BCUT2D eigenvalue weighted by atomic mass is 32.2. The van der Waals surface area contributed by atoms with Gasteiger partial charge in [0.15, 0.2) is 0 Å². The summed E-state index contributed by atoms with van der Waals surface area (Å²) >= 11 is 1.49. The molecule has 5 nitrogen and oxygen atoms in total. The van der Waals surface area contributed by atoms with Gasteiger partial charge in [0.25, 0.3) is 0 Å². The minimum Gasteiger partial charge on any atom is -0.480 e. The van der Waals surface area contributed by atoms with Gasteiger partial charge >= 0.3 is 5.97 Å². The highest BCUT2D eigenvalue weighted by Crippen LogP contribution is 2.28. The number of nitrogens with two attached hydrogens (primary N) is 1. The Bertz CT molecular complexity index is 280. The first-order valence-electron chi connectivity index (χ1n) is 5.51. The van der Waals surface area contributed by atoms with Gasteiger partial charge < -0.3 is 15.7 Å². The van der Waals surface area contributed by atoms with E-state index in [0.717, 1.165) is 12.2 Å². The van der Waals surface area contributed by atoms with Crippen molar-refractivity contribution < 1.29 is 14.7 Å². The third-order valence-corrected chi connectivity index (χ3v) is 4.01. The van der Waals surface area contributed by atoms with Gasteiger partial charge in [-0.2, -0.15) is 11.8 Å². The molecule has 0 heterocycles. The molecule has 0 aromatic rings. The van der Waals surface area contributed by atoms with E-state index in [-0.39, 0.29) is 5.91 Å². The summed E-state index contributed by atoms with van der Waals surface area (Å²) in [6.45, 7) is 3.62. The lowest BCUT2D eigenvalue weighted by Gasteiger charge is -2.27. The highest BCUT2D eigenvalue weighted by molar-refractivity contribution is 8.00. The van der Waals surface area contributed by atoms with Crippen LogP contribution in [-0.2, 0) is 9.59 Å². The minimum absolute atomic E-state index is 0.0888. The maximum Gasteiger partial charge on any atom is 0.321 e. The quantitative estimate of drug-likeness (QED) is 0.662. The molecule has 0 spiro atoms. The standard InChI is InChI=1S/C11H22N2O3S/c1-11(2,9(12)10(15)16)17-7-5-6-8(14)13(3)4/h9H,5-7,12H2,1-4H3,(H,15,16)/t9-/m1/s1. The molecular weight excluding hydrogens is 240 g/mol. The summed E-state index contributed by atoms with van der Waals surface area (Å²) in [6, 6.07) is -0.892. The molecule has 0 aromatic carbocycles. The van der Waals surface area contributed by atoms with E-state index in [1.54, 1.807) is 19.0 Å². The summed E-state index contributed by atoms with van der Waals surface area (Å²) in [5, 5.41) is 8.84. The third kappa shape index (κ3) is 5.93. The van der Waals surface area contributed by atoms with Crippen LogP contribution in [0.2, 0.25) is 0 Å². The van der Waals surface area contributed by atoms with Crippen molar-refractivity contribution in [2.24, 2.45) is 5.73 Å². The van der Waals surface area contributed by atoms with Crippen LogP contribution in [0.1, 0.15) is 26.7 Å². The Morgan fingerprint density at radius 1 is 1.41 bits per heavy atom. The van der Waals surface area contributed by atoms with Gasteiger partial charge in [-0.3, -0.25) is 9.59 Å². The van der Waals surface area contributed by atoms with Gasteiger partial charge in [0.1, 0.15) is 6.04 Å². The first-order chi connectivity index (χ1) is 7.68. The van der Waals surface area contributed by atoms with Crippen molar-refractivity contribution >= 4 is 23.6 Å². The summed E-state index contributed by atoms with van der Waals surface area (Å²) in [6.07, 6.45) is 1.22. The van der Waals surface area contributed by atoms with E-state index >= 15 is 0 Å². The van der Waals surface area contributed by atoms with E-state index in [9.17, 15) is 9.59 Å². The number of aliphatic carboxylic acids is 1. The van der Waals surface area contributed by atoms with Crippen molar-refractivity contribution in [2.75, 3.05) is 19.8 Å². The Labute approximate surface area is 107 Å². The monoisotopic (exact) mass is 262 g/mol. The number of nitrogens with zero attached hydrogens (tertiary/aromatic N) is 1. The number of carbonyl (C=O) groups excluding carboxylic acids is 1. The Morgan fingerprint density at radius 2 is 1.94 bits per heavy atom. The SMILES string of the molecule is CN(C)C(=O)CCCSC(C)(C)[C@H](N)C(=O)O. The minimum atomic E-state index is -0.994. The van der Waals surface area contributed by atoms with Crippen LogP contribution in [0.4, 0.5) is 0 Å².